The van der Waals surface area contributed by atoms with E-state index < -0.39 is 22.5 Å². The molecule has 112 valence electrons. The van der Waals surface area contributed by atoms with E-state index in [2.05, 4.69) is 10.1 Å². The molecule has 0 bridgehead atoms. The molecular weight excluding hydrogens is 294 g/mol. The summed E-state index contributed by atoms with van der Waals surface area (Å²) < 4.78 is 51.1. The number of ether oxygens (including phenoxy) is 1. The standard InChI is InChI=1S/C11H14F2N2O4S/c1-15(20(2,17)18)7-10(16)14-8-3-5-9(6-4-8)19-11(12)13/h3-6,11H,7H2,1-2H3,(H,14,16). The topological polar surface area (TPSA) is 75.7 Å². The molecule has 0 fully saturated rings. The van der Waals surface area contributed by atoms with E-state index in [1.54, 1.807) is 0 Å². The molecule has 0 aliphatic heterocycles. The molecule has 1 aromatic rings. The van der Waals surface area contributed by atoms with E-state index in [-0.39, 0.29) is 12.3 Å². The lowest BCUT2D eigenvalue weighted by Gasteiger charge is -2.13. The van der Waals surface area contributed by atoms with Gasteiger partial charge in [-0.3, -0.25) is 4.79 Å². The van der Waals surface area contributed by atoms with Gasteiger partial charge in [0.2, 0.25) is 15.9 Å². The number of carbonyl (C=O) groups excluding carboxylic acids is 1. The monoisotopic (exact) mass is 308 g/mol. The van der Waals surface area contributed by atoms with Gasteiger partial charge < -0.3 is 10.1 Å². The molecule has 1 N–H and O–H groups in total. The highest BCUT2D eigenvalue weighted by Gasteiger charge is 2.15. The first-order valence-electron chi connectivity index (χ1n) is 5.44. The first-order chi connectivity index (χ1) is 9.18. The fraction of sp³-hybridized carbons (Fsp3) is 0.364. The van der Waals surface area contributed by atoms with E-state index in [9.17, 15) is 22.0 Å². The van der Waals surface area contributed by atoms with Crippen molar-refractivity contribution in [1.29, 1.82) is 0 Å². The fourth-order valence-corrected chi connectivity index (χ4v) is 1.59. The number of hydrogen-bond acceptors (Lipinski definition) is 4. The molecule has 1 rings (SSSR count). The summed E-state index contributed by atoms with van der Waals surface area (Å²) in [7, 11) is -2.17. The lowest BCUT2D eigenvalue weighted by molar-refractivity contribution is -0.116. The van der Waals surface area contributed by atoms with Crippen LogP contribution in [0.1, 0.15) is 0 Å². The Hall–Kier alpha value is -1.74. The molecule has 0 aliphatic rings. The predicted octanol–water partition coefficient (Wildman–Crippen LogP) is 1.12. The number of hydrogen-bond donors (Lipinski definition) is 1. The number of sulfonamides is 1. The van der Waals surface area contributed by atoms with E-state index >= 15 is 0 Å². The zero-order valence-corrected chi connectivity index (χ0v) is 11.7. The van der Waals surface area contributed by atoms with Crippen molar-refractivity contribution in [3.63, 3.8) is 0 Å². The van der Waals surface area contributed by atoms with E-state index in [0.29, 0.717) is 5.69 Å². The van der Waals surface area contributed by atoms with Crippen LogP contribution in [0.15, 0.2) is 24.3 Å². The van der Waals surface area contributed by atoms with E-state index in [1.165, 1.54) is 31.3 Å². The van der Waals surface area contributed by atoms with Crippen LogP contribution < -0.4 is 10.1 Å². The van der Waals surface area contributed by atoms with Crippen LogP contribution in [0.3, 0.4) is 0 Å². The number of nitrogens with one attached hydrogen (secondary N) is 1. The van der Waals surface area contributed by atoms with Crippen molar-refractivity contribution in [2.75, 3.05) is 25.2 Å². The maximum atomic E-state index is 11.9. The van der Waals surface area contributed by atoms with E-state index in [1.807, 2.05) is 0 Å². The molecule has 0 saturated heterocycles. The van der Waals surface area contributed by atoms with Gasteiger partial charge in [-0.15, -0.1) is 0 Å². The Bertz CT molecular complexity index is 560. The number of halogens is 2. The Morgan fingerprint density at radius 1 is 1.35 bits per heavy atom. The van der Waals surface area contributed by atoms with Crippen LogP contribution in [0.25, 0.3) is 0 Å². The molecule has 1 aromatic carbocycles. The van der Waals surface area contributed by atoms with E-state index in [0.717, 1.165) is 10.6 Å². The Morgan fingerprint density at radius 2 is 1.90 bits per heavy atom. The first-order valence-corrected chi connectivity index (χ1v) is 7.29. The van der Waals surface area contributed by atoms with Crippen LogP contribution >= 0.6 is 0 Å². The molecule has 0 aliphatic carbocycles. The van der Waals surface area contributed by atoms with Crippen molar-refractivity contribution in [3.8, 4) is 5.75 Å². The van der Waals surface area contributed by atoms with Gasteiger partial charge in [0, 0.05) is 12.7 Å². The number of alkyl halides is 2. The highest BCUT2D eigenvalue weighted by molar-refractivity contribution is 7.88. The maximum absolute atomic E-state index is 11.9. The first kappa shape index (κ1) is 16.3. The molecule has 0 heterocycles. The van der Waals surface area contributed by atoms with E-state index in [4.69, 9.17) is 0 Å². The molecule has 0 aromatic heterocycles. The molecule has 1 amide bonds. The Kier molecular flexibility index (Phi) is 5.40. The van der Waals surface area contributed by atoms with Crippen LogP contribution in [0.2, 0.25) is 0 Å². The number of anilines is 1. The largest absolute Gasteiger partial charge is 0.435 e. The zero-order chi connectivity index (χ0) is 15.3. The van der Waals surface area contributed by atoms with Crippen molar-refractivity contribution in [2.45, 2.75) is 6.61 Å². The van der Waals surface area contributed by atoms with Crippen molar-refractivity contribution in [1.82, 2.24) is 4.31 Å². The van der Waals surface area contributed by atoms with Gasteiger partial charge in [0.05, 0.1) is 12.8 Å². The summed E-state index contributed by atoms with van der Waals surface area (Å²) in [6.07, 6.45) is 0.983. The molecular formula is C11H14F2N2O4S. The molecule has 20 heavy (non-hydrogen) atoms. The lowest BCUT2D eigenvalue weighted by atomic mass is 10.3. The molecule has 0 spiro atoms. The Balaban J connectivity index is 2.58. The summed E-state index contributed by atoms with van der Waals surface area (Å²) in [6.45, 7) is -3.26. The van der Waals surface area contributed by atoms with Crippen molar-refractivity contribution < 1.29 is 26.7 Å². The molecule has 0 saturated carbocycles. The number of rotatable bonds is 6. The minimum absolute atomic E-state index is 0.0359. The quantitative estimate of drug-likeness (QED) is 0.854. The van der Waals surface area contributed by atoms with Gasteiger partial charge in [0.25, 0.3) is 0 Å². The average Bonchev–Trinajstić information content (AvgIpc) is 2.29. The number of likely N-dealkylation sites (N-methyl/N-ethyl adjacent to an activating group) is 1. The maximum Gasteiger partial charge on any atom is 0.387 e. The smallest absolute Gasteiger partial charge is 0.387 e. The second-order valence-electron chi connectivity index (χ2n) is 3.97. The number of amides is 1. The van der Waals surface area contributed by atoms with Crippen LogP contribution in [0, 0.1) is 0 Å². The van der Waals surface area contributed by atoms with Crippen LogP contribution in [-0.2, 0) is 14.8 Å². The minimum atomic E-state index is -3.44. The van der Waals surface area contributed by atoms with Crippen LogP contribution in [0.4, 0.5) is 14.5 Å². The molecule has 9 heteroatoms. The fourth-order valence-electron chi connectivity index (χ4n) is 1.24. The lowest BCUT2D eigenvalue weighted by Crippen LogP contribution is -2.34. The molecule has 0 unspecified atom stereocenters. The van der Waals surface area contributed by atoms with Gasteiger partial charge in [-0.05, 0) is 24.3 Å². The highest BCUT2D eigenvalue weighted by Crippen LogP contribution is 2.17. The van der Waals surface area contributed by atoms with Gasteiger partial charge in [-0.1, -0.05) is 0 Å². The number of carbonyl (C=O) groups is 1. The summed E-state index contributed by atoms with van der Waals surface area (Å²) in [5.41, 5.74) is 0.346. The van der Waals surface area contributed by atoms with Gasteiger partial charge in [-0.25, -0.2) is 8.42 Å². The predicted molar refractivity (Wildman–Crippen MR) is 69.2 cm³/mol. The summed E-state index contributed by atoms with van der Waals surface area (Å²) in [5.74, 6) is -0.577. The van der Waals surface area contributed by atoms with Crippen molar-refractivity contribution in [3.05, 3.63) is 24.3 Å². The van der Waals surface area contributed by atoms with Gasteiger partial charge in [0.1, 0.15) is 5.75 Å². The third kappa shape index (κ3) is 5.49. The van der Waals surface area contributed by atoms with Crippen LogP contribution in [-0.4, -0.2) is 45.1 Å². The molecule has 0 radical (unpaired) electrons. The Labute approximate surface area is 115 Å². The molecule has 6 nitrogen and oxygen atoms in total. The Morgan fingerprint density at radius 3 is 2.35 bits per heavy atom. The van der Waals surface area contributed by atoms with Crippen molar-refractivity contribution >= 4 is 21.6 Å². The highest BCUT2D eigenvalue weighted by atomic mass is 32.2. The summed E-state index contributed by atoms with van der Waals surface area (Å²) in [6, 6.07) is 5.27. The van der Waals surface area contributed by atoms with Gasteiger partial charge in [0.15, 0.2) is 0 Å². The average molecular weight is 308 g/mol. The minimum Gasteiger partial charge on any atom is -0.435 e. The number of nitrogens with zero attached hydrogens (tertiary/aromatic N) is 1. The summed E-state index contributed by atoms with van der Waals surface area (Å²) in [4.78, 5) is 11.6. The van der Waals surface area contributed by atoms with Gasteiger partial charge in [-0.2, -0.15) is 13.1 Å². The third-order valence-electron chi connectivity index (χ3n) is 2.30. The normalized spacial score (nSPS) is 11.7. The SMILES string of the molecule is CN(CC(=O)Nc1ccc(OC(F)F)cc1)S(C)(=O)=O. The summed E-state index contributed by atoms with van der Waals surface area (Å²) >= 11 is 0. The zero-order valence-electron chi connectivity index (χ0n) is 10.8. The van der Waals surface area contributed by atoms with Gasteiger partial charge >= 0.3 is 6.61 Å². The second-order valence-corrected chi connectivity index (χ2v) is 6.06. The molecule has 0 atom stereocenters. The third-order valence-corrected chi connectivity index (χ3v) is 3.56. The van der Waals surface area contributed by atoms with Crippen molar-refractivity contribution in [2.24, 2.45) is 0 Å². The van der Waals surface area contributed by atoms with Crippen LogP contribution in [0.5, 0.6) is 5.75 Å². The number of benzene rings is 1. The summed E-state index contributed by atoms with van der Waals surface area (Å²) in [5, 5.41) is 2.44. The second kappa shape index (κ2) is 6.62.